The second kappa shape index (κ2) is 6.07. The molecule has 0 radical (unpaired) electrons. The number of aryl methyl sites for hydroxylation is 1. The van der Waals surface area contributed by atoms with E-state index in [9.17, 15) is 4.79 Å². The van der Waals surface area contributed by atoms with E-state index >= 15 is 0 Å². The lowest BCUT2D eigenvalue weighted by atomic mass is 9.97. The van der Waals surface area contributed by atoms with Crippen LogP contribution in [0.15, 0.2) is 35.0 Å². The number of piperidine rings is 1. The zero-order valence-electron chi connectivity index (χ0n) is 13.6. The molecule has 3 aromatic heterocycles. The highest BCUT2D eigenvalue weighted by atomic mass is 16.5. The molecule has 7 nitrogen and oxygen atoms in total. The van der Waals surface area contributed by atoms with Gasteiger partial charge in [-0.2, -0.15) is 0 Å². The Morgan fingerprint density at radius 2 is 2.29 bits per heavy atom. The maximum atomic E-state index is 12.6. The SMILES string of the molecule is Cc1cc(CC(=O)N2CCC[C@@H](c3nnc4ccccn34)C2)on1. The van der Waals surface area contributed by atoms with Crippen LogP contribution in [0, 0.1) is 6.92 Å². The molecule has 0 bridgehead atoms. The van der Waals surface area contributed by atoms with Crippen molar-refractivity contribution in [2.75, 3.05) is 13.1 Å². The number of carbonyl (C=O) groups excluding carboxylic acids is 1. The molecule has 0 saturated carbocycles. The average molecular weight is 325 g/mol. The molecule has 7 heteroatoms. The number of pyridine rings is 1. The molecule has 1 aliphatic rings. The largest absolute Gasteiger partial charge is 0.361 e. The third-order valence-electron chi connectivity index (χ3n) is 4.48. The van der Waals surface area contributed by atoms with Crippen LogP contribution in [-0.2, 0) is 11.2 Å². The Labute approximate surface area is 139 Å². The Morgan fingerprint density at radius 3 is 3.12 bits per heavy atom. The minimum atomic E-state index is 0.0738. The summed E-state index contributed by atoms with van der Waals surface area (Å²) in [5.74, 6) is 1.83. The summed E-state index contributed by atoms with van der Waals surface area (Å²) in [6, 6.07) is 7.67. The average Bonchev–Trinajstić information content (AvgIpc) is 3.21. The quantitative estimate of drug-likeness (QED) is 0.736. The second-order valence-electron chi connectivity index (χ2n) is 6.28. The Hall–Kier alpha value is -2.70. The molecule has 24 heavy (non-hydrogen) atoms. The van der Waals surface area contributed by atoms with Crippen LogP contribution in [0.2, 0.25) is 0 Å². The summed E-state index contributed by atoms with van der Waals surface area (Å²) in [5, 5.41) is 12.4. The van der Waals surface area contributed by atoms with Gasteiger partial charge in [-0.1, -0.05) is 11.2 Å². The molecular weight excluding hydrogens is 306 g/mol. The molecule has 1 aliphatic heterocycles. The van der Waals surface area contributed by atoms with Gasteiger partial charge in [-0.25, -0.2) is 0 Å². The maximum Gasteiger partial charge on any atom is 0.230 e. The van der Waals surface area contributed by atoms with Crippen molar-refractivity contribution in [3.05, 3.63) is 47.7 Å². The summed E-state index contributed by atoms with van der Waals surface area (Å²) in [6.45, 7) is 3.30. The van der Waals surface area contributed by atoms with E-state index in [0.29, 0.717) is 12.3 Å². The summed E-state index contributed by atoms with van der Waals surface area (Å²) in [4.78, 5) is 14.4. The standard InChI is InChI=1S/C17H19N5O2/c1-12-9-14(24-20-12)10-16(23)21-7-4-5-13(11-21)17-19-18-15-6-2-3-8-22(15)17/h2-3,6,8-9,13H,4-5,7,10-11H2,1H3/t13-/m1/s1. The summed E-state index contributed by atoms with van der Waals surface area (Å²) >= 11 is 0. The Kier molecular flexibility index (Phi) is 3.76. The van der Waals surface area contributed by atoms with Gasteiger partial charge in [-0.15, -0.1) is 10.2 Å². The summed E-state index contributed by atoms with van der Waals surface area (Å²) in [5.41, 5.74) is 1.64. The summed E-state index contributed by atoms with van der Waals surface area (Å²) in [7, 11) is 0. The van der Waals surface area contributed by atoms with Crippen LogP contribution in [-0.4, -0.2) is 43.7 Å². The lowest BCUT2D eigenvalue weighted by Gasteiger charge is -2.31. The van der Waals surface area contributed by atoms with Gasteiger partial charge >= 0.3 is 0 Å². The van der Waals surface area contributed by atoms with Gasteiger partial charge in [-0.05, 0) is 31.9 Å². The number of hydrogen-bond donors (Lipinski definition) is 0. The number of aromatic nitrogens is 4. The fraction of sp³-hybridized carbons (Fsp3) is 0.412. The molecule has 0 spiro atoms. The van der Waals surface area contributed by atoms with Crippen molar-refractivity contribution in [3.8, 4) is 0 Å². The minimum Gasteiger partial charge on any atom is -0.361 e. The van der Waals surface area contributed by atoms with Crippen LogP contribution in [0.25, 0.3) is 5.65 Å². The molecule has 4 heterocycles. The second-order valence-corrected chi connectivity index (χ2v) is 6.28. The molecule has 1 amide bonds. The van der Waals surface area contributed by atoms with E-state index in [1.54, 1.807) is 0 Å². The van der Waals surface area contributed by atoms with Crippen LogP contribution in [0.4, 0.5) is 0 Å². The topological polar surface area (TPSA) is 76.5 Å². The number of nitrogens with zero attached hydrogens (tertiary/aromatic N) is 5. The number of carbonyl (C=O) groups is 1. The zero-order valence-corrected chi connectivity index (χ0v) is 13.6. The molecule has 1 saturated heterocycles. The van der Waals surface area contributed by atoms with E-state index in [2.05, 4.69) is 15.4 Å². The molecule has 0 aromatic carbocycles. The highest BCUT2D eigenvalue weighted by Crippen LogP contribution is 2.26. The lowest BCUT2D eigenvalue weighted by Crippen LogP contribution is -2.40. The number of hydrogen-bond acceptors (Lipinski definition) is 5. The van der Waals surface area contributed by atoms with Crippen molar-refractivity contribution in [2.45, 2.75) is 32.1 Å². The molecule has 0 unspecified atom stereocenters. The Bertz CT molecular complexity index is 869. The van der Waals surface area contributed by atoms with Crippen molar-refractivity contribution in [3.63, 3.8) is 0 Å². The van der Waals surface area contributed by atoms with Crippen LogP contribution >= 0.6 is 0 Å². The first-order valence-electron chi connectivity index (χ1n) is 8.20. The van der Waals surface area contributed by atoms with Gasteiger partial charge in [0.25, 0.3) is 0 Å². The molecule has 0 aliphatic carbocycles. The van der Waals surface area contributed by atoms with E-state index in [1.165, 1.54) is 0 Å². The molecule has 3 aromatic rings. The van der Waals surface area contributed by atoms with Crippen LogP contribution < -0.4 is 0 Å². The third kappa shape index (κ3) is 2.77. The predicted octanol–water partition coefficient (Wildman–Crippen LogP) is 1.97. The fourth-order valence-electron chi connectivity index (χ4n) is 3.31. The van der Waals surface area contributed by atoms with Crippen molar-refractivity contribution >= 4 is 11.6 Å². The highest BCUT2D eigenvalue weighted by Gasteiger charge is 2.28. The highest BCUT2D eigenvalue weighted by molar-refractivity contribution is 5.78. The van der Waals surface area contributed by atoms with Gasteiger partial charge in [0.2, 0.25) is 5.91 Å². The van der Waals surface area contributed by atoms with Gasteiger partial charge in [0, 0.05) is 31.3 Å². The van der Waals surface area contributed by atoms with Crippen molar-refractivity contribution in [1.82, 2.24) is 24.7 Å². The lowest BCUT2D eigenvalue weighted by molar-refractivity contribution is -0.132. The van der Waals surface area contributed by atoms with Gasteiger partial charge in [0.1, 0.15) is 11.6 Å². The van der Waals surface area contributed by atoms with Crippen molar-refractivity contribution in [1.29, 1.82) is 0 Å². The third-order valence-corrected chi connectivity index (χ3v) is 4.48. The molecule has 4 rings (SSSR count). The van der Waals surface area contributed by atoms with Crippen molar-refractivity contribution < 1.29 is 9.32 Å². The van der Waals surface area contributed by atoms with Crippen LogP contribution in [0.5, 0.6) is 0 Å². The van der Waals surface area contributed by atoms with E-state index in [-0.39, 0.29) is 18.2 Å². The Morgan fingerprint density at radius 1 is 1.38 bits per heavy atom. The monoisotopic (exact) mass is 325 g/mol. The van der Waals surface area contributed by atoms with Gasteiger partial charge < -0.3 is 9.42 Å². The molecule has 124 valence electrons. The predicted molar refractivity (Wildman–Crippen MR) is 86.5 cm³/mol. The number of fused-ring (bicyclic) bond motifs is 1. The van der Waals surface area contributed by atoms with E-state index < -0.39 is 0 Å². The first-order chi connectivity index (χ1) is 11.7. The summed E-state index contributed by atoms with van der Waals surface area (Å²) < 4.78 is 7.17. The van der Waals surface area contributed by atoms with Crippen LogP contribution in [0.1, 0.15) is 36.0 Å². The number of rotatable bonds is 3. The normalized spacial score (nSPS) is 18.2. The van der Waals surface area contributed by atoms with E-state index in [4.69, 9.17) is 4.52 Å². The summed E-state index contributed by atoms with van der Waals surface area (Å²) in [6.07, 6.45) is 4.21. The van der Waals surface area contributed by atoms with Gasteiger partial charge in [0.05, 0.1) is 12.1 Å². The van der Waals surface area contributed by atoms with E-state index in [0.717, 1.165) is 36.6 Å². The smallest absolute Gasteiger partial charge is 0.230 e. The molecule has 1 fully saturated rings. The van der Waals surface area contributed by atoms with Crippen LogP contribution in [0.3, 0.4) is 0 Å². The first-order valence-corrected chi connectivity index (χ1v) is 8.20. The van der Waals surface area contributed by atoms with Crippen molar-refractivity contribution in [2.24, 2.45) is 0 Å². The van der Waals surface area contributed by atoms with Gasteiger partial charge in [-0.3, -0.25) is 9.20 Å². The zero-order chi connectivity index (χ0) is 16.5. The fourth-order valence-corrected chi connectivity index (χ4v) is 3.31. The van der Waals surface area contributed by atoms with Gasteiger partial charge in [0.15, 0.2) is 5.65 Å². The minimum absolute atomic E-state index is 0.0738. The first kappa shape index (κ1) is 14.9. The molecule has 1 atom stereocenters. The molecular formula is C17H19N5O2. The maximum absolute atomic E-state index is 12.6. The van der Waals surface area contributed by atoms with E-state index in [1.807, 2.05) is 46.7 Å². The Balaban J connectivity index is 1.50. The molecule has 0 N–H and O–H groups in total. The number of amides is 1. The number of likely N-dealkylation sites (tertiary alicyclic amines) is 1.